The molecule has 0 radical (unpaired) electrons. The molecule has 0 saturated carbocycles. The summed E-state index contributed by atoms with van der Waals surface area (Å²) in [7, 11) is -3.56. The van der Waals surface area contributed by atoms with E-state index in [1.54, 1.807) is 36.1 Å². The Kier molecular flexibility index (Phi) is 11.0. The zero-order chi connectivity index (χ0) is 26.0. The van der Waals surface area contributed by atoms with E-state index in [4.69, 9.17) is 11.6 Å². The van der Waals surface area contributed by atoms with Crippen molar-refractivity contribution >= 4 is 39.1 Å². The fourth-order valence-corrected chi connectivity index (χ4v) is 4.81. The number of anilines is 1. The predicted octanol–water partition coefficient (Wildman–Crippen LogP) is 4.26. The van der Waals surface area contributed by atoms with Gasteiger partial charge < -0.3 is 10.2 Å². The monoisotopic (exact) mass is 521 g/mol. The summed E-state index contributed by atoms with van der Waals surface area (Å²) in [5.41, 5.74) is 1.53. The Hall–Kier alpha value is -2.58. The van der Waals surface area contributed by atoms with Crippen LogP contribution in [-0.2, 0) is 26.0 Å². The molecular formula is C26H36ClN3O4S. The summed E-state index contributed by atoms with van der Waals surface area (Å²) in [5.74, 6) is -0.385. The second-order valence-corrected chi connectivity index (χ2v) is 11.1. The molecule has 35 heavy (non-hydrogen) atoms. The lowest BCUT2D eigenvalue weighted by Crippen LogP contribution is -2.50. The zero-order valence-corrected chi connectivity index (χ0v) is 22.5. The van der Waals surface area contributed by atoms with E-state index in [0.717, 1.165) is 18.2 Å². The molecule has 0 bridgehead atoms. The standard InChI is InChI=1S/C26H36ClN3O4S/c1-5-20(2)28-26(32)21(3)29(18-16-22-11-7-6-8-12-22)25(31)15-10-17-30(35(4,33)34)24-14-9-13-23(27)19-24/h6-9,11-14,19-21H,5,10,15-18H2,1-4H3,(H,28,32)/t20-,21+/m1/s1. The minimum absolute atomic E-state index is 0.0111. The molecule has 0 saturated heterocycles. The van der Waals surface area contributed by atoms with Crippen LogP contribution >= 0.6 is 11.6 Å². The highest BCUT2D eigenvalue weighted by molar-refractivity contribution is 7.92. The van der Waals surface area contributed by atoms with Crippen molar-refractivity contribution < 1.29 is 18.0 Å². The van der Waals surface area contributed by atoms with Gasteiger partial charge in [0.25, 0.3) is 0 Å². The van der Waals surface area contributed by atoms with Crippen LogP contribution in [-0.4, -0.2) is 56.6 Å². The van der Waals surface area contributed by atoms with E-state index in [9.17, 15) is 18.0 Å². The maximum absolute atomic E-state index is 13.2. The second kappa shape index (κ2) is 13.5. The number of carbonyl (C=O) groups is 2. The molecule has 9 heteroatoms. The van der Waals surface area contributed by atoms with Crippen molar-refractivity contribution in [3.8, 4) is 0 Å². The lowest BCUT2D eigenvalue weighted by atomic mass is 10.1. The zero-order valence-electron chi connectivity index (χ0n) is 20.9. The number of carbonyl (C=O) groups excluding carboxylic acids is 2. The lowest BCUT2D eigenvalue weighted by Gasteiger charge is -2.30. The van der Waals surface area contributed by atoms with Gasteiger partial charge in [-0.1, -0.05) is 54.9 Å². The van der Waals surface area contributed by atoms with Crippen molar-refractivity contribution in [2.24, 2.45) is 0 Å². The maximum Gasteiger partial charge on any atom is 0.242 e. The second-order valence-electron chi connectivity index (χ2n) is 8.74. The lowest BCUT2D eigenvalue weighted by molar-refractivity contribution is -0.140. The number of amides is 2. The maximum atomic E-state index is 13.2. The normalized spacial score (nSPS) is 13.1. The molecule has 192 valence electrons. The molecule has 0 spiro atoms. The number of benzene rings is 2. The highest BCUT2D eigenvalue weighted by Crippen LogP contribution is 2.22. The van der Waals surface area contributed by atoms with Gasteiger partial charge in [-0.15, -0.1) is 0 Å². The van der Waals surface area contributed by atoms with Crippen LogP contribution in [0.3, 0.4) is 0 Å². The molecule has 2 aromatic carbocycles. The third kappa shape index (κ3) is 9.18. The summed E-state index contributed by atoms with van der Waals surface area (Å²) >= 11 is 6.04. The van der Waals surface area contributed by atoms with Crippen molar-refractivity contribution in [2.75, 3.05) is 23.7 Å². The minimum Gasteiger partial charge on any atom is -0.352 e. The summed E-state index contributed by atoms with van der Waals surface area (Å²) in [6.45, 7) is 6.17. The van der Waals surface area contributed by atoms with E-state index >= 15 is 0 Å². The molecule has 1 N–H and O–H groups in total. The van der Waals surface area contributed by atoms with Gasteiger partial charge in [0.05, 0.1) is 11.9 Å². The minimum atomic E-state index is -3.56. The first-order valence-corrected chi connectivity index (χ1v) is 14.1. The molecule has 2 atom stereocenters. The van der Waals surface area contributed by atoms with Gasteiger partial charge in [-0.3, -0.25) is 13.9 Å². The molecule has 0 aliphatic carbocycles. The Bertz CT molecular complexity index is 1080. The summed E-state index contributed by atoms with van der Waals surface area (Å²) in [6, 6.07) is 15.8. The van der Waals surface area contributed by atoms with Gasteiger partial charge in [0.2, 0.25) is 21.8 Å². The molecular weight excluding hydrogens is 486 g/mol. The van der Waals surface area contributed by atoms with Gasteiger partial charge in [0, 0.05) is 30.6 Å². The van der Waals surface area contributed by atoms with Gasteiger partial charge >= 0.3 is 0 Å². The van der Waals surface area contributed by atoms with Gasteiger partial charge in [-0.05, 0) is 56.9 Å². The molecule has 0 aromatic heterocycles. The first kappa shape index (κ1) is 28.7. The van der Waals surface area contributed by atoms with Crippen molar-refractivity contribution in [1.29, 1.82) is 0 Å². The molecule has 0 fully saturated rings. The third-order valence-corrected chi connectivity index (χ3v) is 7.33. The summed E-state index contributed by atoms with van der Waals surface area (Å²) < 4.78 is 26.0. The van der Waals surface area contributed by atoms with E-state index in [0.29, 0.717) is 30.1 Å². The van der Waals surface area contributed by atoms with E-state index in [-0.39, 0.29) is 30.8 Å². The summed E-state index contributed by atoms with van der Waals surface area (Å²) in [5, 5.41) is 3.38. The molecule has 0 aliphatic heterocycles. The Morgan fingerprint density at radius 3 is 2.31 bits per heavy atom. The van der Waals surface area contributed by atoms with Crippen molar-refractivity contribution in [2.45, 2.75) is 58.5 Å². The van der Waals surface area contributed by atoms with Crippen LogP contribution < -0.4 is 9.62 Å². The van der Waals surface area contributed by atoms with Gasteiger partial charge in [0.15, 0.2) is 0 Å². The van der Waals surface area contributed by atoms with Crippen LogP contribution in [0.15, 0.2) is 54.6 Å². The SMILES string of the molecule is CC[C@@H](C)NC(=O)[C@H](C)N(CCc1ccccc1)C(=O)CCCN(c1cccc(Cl)c1)S(C)(=O)=O. The first-order chi connectivity index (χ1) is 16.5. The van der Waals surface area contributed by atoms with Crippen LogP contribution in [0.1, 0.15) is 45.6 Å². The quantitative estimate of drug-likeness (QED) is 0.426. The number of sulfonamides is 1. The molecule has 2 amide bonds. The highest BCUT2D eigenvalue weighted by atomic mass is 35.5. The van der Waals surface area contributed by atoms with Crippen LogP contribution in [0, 0.1) is 0 Å². The fraction of sp³-hybridized carbons (Fsp3) is 0.462. The highest BCUT2D eigenvalue weighted by Gasteiger charge is 2.27. The van der Waals surface area contributed by atoms with Crippen LogP contribution in [0.2, 0.25) is 5.02 Å². The Morgan fingerprint density at radius 2 is 1.71 bits per heavy atom. The Labute approximate surface area is 214 Å². The average Bonchev–Trinajstić information content (AvgIpc) is 2.81. The van der Waals surface area contributed by atoms with Gasteiger partial charge in [-0.2, -0.15) is 0 Å². The number of hydrogen-bond acceptors (Lipinski definition) is 4. The van der Waals surface area contributed by atoms with Gasteiger partial charge in [0.1, 0.15) is 6.04 Å². The van der Waals surface area contributed by atoms with Crippen molar-refractivity contribution in [3.63, 3.8) is 0 Å². The van der Waals surface area contributed by atoms with Crippen LogP contribution in [0.4, 0.5) is 5.69 Å². The largest absolute Gasteiger partial charge is 0.352 e. The Balaban J connectivity index is 2.11. The summed E-state index contributed by atoms with van der Waals surface area (Å²) in [6.07, 6.45) is 2.96. The molecule has 2 rings (SSSR count). The number of hydrogen-bond donors (Lipinski definition) is 1. The third-order valence-electron chi connectivity index (χ3n) is 5.90. The molecule has 0 heterocycles. The smallest absolute Gasteiger partial charge is 0.242 e. The number of halogens is 1. The van der Waals surface area contributed by atoms with Crippen molar-refractivity contribution in [1.82, 2.24) is 10.2 Å². The number of nitrogens with one attached hydrogen (secondary N) is 1. The van der Waals surface area contributed by atoms with Crippen LogP contribution in [0.5, 0.6) is 0 Å². The Morgan fingerprint density at radius 1 is 1.03 bits per heavy atom. The molecule has 0 unspecified atom stereocenters. The van der Waals surface area contributed by atoms with Crippen LogP contribution in [0.25, 0.3) is 0 Å². The van der Waals surface area contributed by atoms with E-state index < -0.39 is 16.1 Å². The van der Waals surface area contributed by atoms with E-state index in [1.165, 1.54) is 4.31 Å². The predicted molar refractivity (Wildman–Crippen MR) is 142 cm³/mol. The number of nitrogens with zero attached hydrogens (tertiary/aromatic N) is 2. The van der Waals surface area contributed by atoms with Crippen molar-refractivity contribution in [3.05, 3.63) is 65.2 Å². The fourth-order valence-electron chi connectivity index (χ4n) is 3.67. The molecule has 7 nitrogen and oxygen atoms in total. The van der Waals surface area contributed by atoms with E-state index in [1.807, 2.05) is 44.2 Å². The topological polar surface area (TPSA) is 86.8 Å². The number of rotatable bonds is 13. The van der Waals surface area contributed by atoms with Gasteiger partial charge in [-0.25, -0.2) is 8.42 Å². The first-order valence-electron chi connectivity index (χ1n) is 11.9. The van der Waals surface area contributed by atoms with E-state index in [2.05, 4.69) is 5.32 Å². The average molecular weight is 522 g/mol. The molecule has 0 aliphatic rings. The molecule has 2 aromatic rings. The summed E-state index contributed by atoms with van der Waals surface area (Å²) in [4.78, 5) is 27.6.